The topological polar surface area (TPSA) is 46.9 Å². The number of benzene rings is 2. The predicted octanol–water partition coefficient (Wildman–Crippen LogP) is 5.12. The summed E-state index contributed by atoms with van der Waals surface area (Å²) < 4.78 is 2.08. The number of hydrogen-bond acceptors (Lipinski definition) is 2. The number of fused-ring (bicyclic) bond motifs is 1. The molecule has 0 saturated carbocycles. The van der Waals surface area contributed by atoms with E-state index >= 15 is 0 Å². The van der Waals surface area contributed by atoms with Crippen LogP contribution in [0.5, 0.6) is 0 Å². The van der Waals surface area contributed by atoms with Crippen LogP contribution in [0.15, 0.2) is 42.5 Å². The fourth-order valence-electron chi connectivity index (χ4n) is 3.88. The molecule has 3 aromatic rings. The number of nitrogens with zero attached hydrogens (tertiary/aromatic N) is 2. The van der Waals surface area contributed by atoms with Crippen molar-refractivity contribution in [2.45, 2.75) is 60.0 Å². The Labute approximate surface area is 168 Å². The molecule has 0 aliphatic heterocycles. The number of rotatable bonds is 7. The molecule has 1 atom stereocenters. The van der Waals surface area contributed by atoms with Crippen LogP contribution in [0.3, 0.4) is 0 Å². The van der Waals surface area contributed by atoms with E-state index in [1.165, 1.54) is 22.0 Å². The Morgan fingerprint density at radius 2 is 1.79 bits per heavy atom. The maximum absolute atomic E-state index is 12.6. The van der Waals surface area contributed by atoms with Gasteiger partial charge in [-0.2, -0.15) is 5.10 Å². The van der Waals surface area contributed by atoms with E-state index in [9.17, 15) is 4.79 Å². The van der Waals surface area contributed by atoms with Crippen LogP contribution in [0.4, 0.5) is 0 Å². The summed E-state index contributed by atoms with van der Waals surface area (Å²) in [5.74, 6) is 0.631. The monoisotopic (exact) mass is 377 g/mol. The molecule has 0 fully saturated rings. The molecule has 0 aliphatic rings. The molecule has 148 valence electrons. The molecule has 1 aromatic heterocycles. The zero-order valence-corrected chi connectivity index (χ0v) is 17.6. The number of hydrogen-bond donors (Lipinski definition) is 1. The summed E-state index contributed by atoms with van der Waals surface area (Å²) in [4.78, 5) is 12.6. The van der Waals surface area contributed by atoms with Crippen LogP contribution in [-0.4, -0.2) is 15.7 Å². The summed E-state index contributed by atoms with van der Waals surface area (Å²) in [6.45, 7) is 11.5. The molecule has 3 rings (SSSR count). The van der Waals surface area contributed by atoms with E-state index < -0.39 is 0 Å². The van der Waals surface area contributed by atoms with E-state index in [1.807, 2.05) is 19.1 Å². The standard InChI is InChI=1S/C24H31N3O/c1-16(2)15-27-19(5)21(18(4)26-27)13-14-24(28)25-17(3)22-12-8-10-20-9-6-7-11-23(20)22/h6-12,16-17H,13-15H2,1-5H3,(H,25,28). The zero-order chi connectivity index (χ0) is 20.3. The molecule has 28 heavy (non-hydrogen) atoms. The van der Waals surface area contributed by atoms with Crippen molar-refractivity contribution in [3.63, 3.8) is 0 Å². The highest BCUT2D eigenvalue weighted by atomic mass is 16.1. The Bertz CT molecular complexity index is 966. The summed E-state index contributed by atoms with van der Waals surface area (Å²) in [5.41, 5.74) is 4.58. The van der Waals surface area contributed by atoms with Crippen LogP contribution in [0.2, 0.25) is 0 Å². The van der Waals surface area contributed by atoms with Gasteiger partial charge in [-0.3, -0.25) is 9.48 Å². The smallest absolute Gasteiger partial charge is 0.220 e. The van der Waals surface area contributed by atoms with Gasteiger partial charge >= 0.3 is 0 Å². The van der Waals surface area contributed by atoms with Crippen molar-refractivity contribution in [1.29, 1.82) is 0 Å². The number of nitrogens with one attached hydrogen (secondary N) is 1. The molecule has 1 heterocycles. The van der Waals surface area contributed by atoms with Gasteiger partial charge in [-0.15, -0.1) is 0 Å². The number of carbonyl (C=O) groups is 1. The van der Waals surface area contributed by atoms with Gasteiger partial charge in [0.25, 0.3) is 0 Å². The first kappa shape index (κ1) is 20.1. The van der Waals surface area contributed by atoms with Gasteiger partial charge in [0.2, 0.25) is 5.91 Å². The minimum atomic E-state index is -0.0236. The Morgan fingerprint density at radius 1 is 1.07 bits per heavy atom. The lowest BCUT2D eigenvalue weighted by Gasteiger charge is -2.17. The van der Waals surface area contributed by atoms with Gasteiger partial charge in [-0.05, 0) is 55.0 Å². The lowest BCUT2D eigenvalue weighted by atomic mass is 9.99. The van der Waals surface area contributed by atoms with Gasteiger partial charge in [0.05, 0.1) is 11.7 Å². The predicted molar refractivity (Wildman–Crippen MR) is 115 cm³/mol. The second-order valence-electron chi connectivity index (χ2n) is 8.08. The van der Waals surface area contributed by atoms with Crippen molar-refractivity contribution in [1.82, 2.24) is 15.1 Å². The SMILES string of the molecule is Cc1nn(CC(C)C)c(C)c1CCC(=O)NC(C)c1cccc2ccccc12. The van der Waals surface area contributed by atoms with E-state index in [-0.39, 0.29) is 11.9 Å². The summed E-state index contributed by atoms with van der Waals surface area (Å²) >= 11 is 0. The largest absolute Gasteiger partial charge is 0.350 e. The van der Waals surface area contributed by atoms with E-state index in [2.05, 4.69) is 73.1 Å². The Hall–Kier alpha value is -2.62. The molecule has 0 aliphatic carbocycles. The first-order chi connectivity index (χ1) is 13.4. The third kappa shape index (κ3) is 4.44. The van der Waals surface area contributed by atoms with E-state index in [1.54, 1.807) is 0 Å². The van der Waals surface area contributed by atoms with Gasteiger partial charge in [-0.25, -0.2) is 0 Å². The highest BCUT2D eigenvalue weighted by Gasteiger charge is 2.16. The van der Waals surface area contributed by atoms with Gasteiger partial charge in [0.15, 0.2) is 0 Å². The summed E-state index contributed by atoms with van der Waals surface area (Å²) in [7, 11) is 0. The van der Waals surface area contributed by atoms with Crippen LogP contribution in [0.25, 0.3) is 10.8 Å². The highest BCUT2D eigenvalue weighted by Crippen LogP contribution is 2.24. The van der Waals surface area contributed by atoms with Gasteiger partial charge in [-0.1, -0.05) is 56.3 Å². The van der Waals surface area contributed by atoms with Crippen molar-refractivity contribution < 1.29 is 4.79 Å². The van der Waals surface area contributed by atoms with Crippen LogP contribution < -0.4 is 5.32 Å². The fraction of sp³-hybridized carbons (Fsp3) is 0.417. The van der Waals surface area contributed by atoms with Crippen molar-refractivity contribution in [3.8, 4) is 0 Å². The van der Waals surface area contributed by atoms with E-state index in [0.717, 1.165) is 24.2 Å². The second kappa shape index (κ2) is 8.59. The maximum Gasteiger partial charge on any atom is 0.220 e. The average molecular weight is 378 g/mol. The second-order valence-corrected chi connectivity index (χ2v) is 8.08. The third-order valence-corrected chi connectivity index (χ3v) is 5.34. The minimum absolute atomic E-state index is 0.0236. The van der Waals surface area contributed by atoms with Crippen LogP contribution in [-0.2, 0) is 17.8 Å². The maximum atomic E-state index is 12.6. The highest BCUT2D eigenvalue weighted by molar-refractivity contribution is 5.86. The summed E-state index contributed by atoms with van der Waals surface area (Å²) in [6, 6.07) is 14.5. The third-order valence-electron chi connectivity index (χ3n) is 5.34. The molecular formula is C24H31N3O. The quantitative estimate of drug-likeness (QED) is 0.621. The van der Waals surface area contributed by atoms with Gasteiger partial charge in [0, 0.05) is 18.7 Å². The molecule has 1 unspecified atom stereocenters. The minimum Gasteiger partial charge on any atom is -0.350 e. The van der Waals surface area contributed by atoms with Gasteiger partial charge < -0.3 is 5.32 Å². The number of carbonyl (C=O) groups excluding carboxylic acids is 1. The lowest BCUT2D eigenvalue weighted by Crippen LogP contribution is -2.27. The molecule has 4 heteroatoms. The average Bonchev–Trinajstić information content (AvgIpc) is 2.91. The van der Waals surface area contributed by atoms with Crippen LogP contribution >= 0.6 is 0 Å². The molecule has 2 aromatic carbocycles. The van der Waals surface area contributed by atoms with Crippen molar-refractivity contribution in [3.05, 3.63) is 65.0 Å². The summed E-state index contributed by atoms with van der Waals surface area (Å²) in [6.07, 6.45) is 1.20. The molecule has 0 bridgehead atoms. The Balaban J connectivity index is 1.65. The normalized spacial score (nSPS) is 12.5. The Kier molecular flexibility index (Phi) is 6.18. The molecule has 1 amide bonds. The first-order valence-corrected chi connectivity index (χ1v) is 10.2. The number of aryl methyl sites for hydroxylation is 1. The molecular weight excluding hydrogens is 346 g/mol. The Morgan fingerprint density at radius 3 is 2.54 bits per heavy atom. The zero-order valence-electron chi connectivity index (χ0n) is 17.6. The molecule has 4 nitrogen and oxygen atoms in total. The van der Waals surface area contributed by atoms with Gasteiger partial charge in [0.1, 0.15) is 0 Å². The molecule has 0 spiro atoms. The van der Waals surface area contributed by atoms with Crippen LogP contribution in [0.1, 0.15) is 55.7 Å². The van der Waals surface area contributed by atoms with Crippen molar-refractivity contribution in [2.75, 3.05) is 0 Å². The molecule has 0 saturated heterocycles. The fourth-order valence-corrected chi connectivity index (χ4v) is 3.88. The summed E-state index contributed by atoms with van der Waals surface area (Å²) in [5, 5.41) is 10.2. The van der Waals surface area contributed by atoms with E-state index in [0.29, 0.717) is 12.3 Å². The van der Waals surface area contributed by atoms with Crippen LogP contribution in [0, 0.1) is 19.8 Å². The number of amides is 1. The number of aromatic nitrogens is 2. The lowest BCUT2D eigenvalue weighted by molar-refractivity contribution is -0.121. The van der Waals surface area contributed by atoms with Crippen molar-refractivity contribution in [2.24, 2.45) is 5.92 Å². The molecule has 0 radical (unpaired) electrons. The molecule has 1 N–H and O–H groups in total. The van der Waals surface area contributed by atoms with E-state index in [4.69, 9.17) is 0 Å². The van der Waals surface area contributed by atoms with Crippen molar-refractivity contribution >= 4 is 16.7 Å². The first-order valence-electron chi connectivity index (χ1n) is 10.2.